The summed E-state index contributed by atoms with van der Waals surface area (Å²) in [5.74, 6) is 0.622. The maximum Gasteiger partial charge on any atom is 0.0776 e. The maximum atomic E-state index is 9.77. The molecule has 1 saturated carbocycles. The number of aliphatic hydroxyl groups is 1. The zero-order chi connectivity index (χ0) is 11.4. The summed E-state index contributed by atoms with van der Waals surface area (Å²) in [5.41, 5.74) is 0.176. The smallest absolute Gasteiger partial charge is 0.0776 e. The van der Waals surface area contributed by atoms with Gasteiger partial charge in [-0.1, -0.05) is 12.8 Å². The third-order valence-corrected chi connectivity index (χ3v) is 4.07. The van der Waals surface area contributed by atoms with E-state index in [9.17, 15) is 5.11 Å². The van der Waals surface area contributed by atoms with Gasteiger partial charge in [0.1, 0.15) is 0 Å². The lowest BCUT2D eigenvalue weighted by atomic mass is 9.82. The van der Waals surface area contributed by atoms with E-state index in [0.717, 1.165) is 25.9 Å². The van der Waals surface area contributed by atoms with Gasteiger partial charge < -0.3 is 14.6 Å². The number of rotatable bonds is 4. The lowest BCUT2D eigenvalue weighted by Crippen LogP contribution is -2.38. The highest BCUT2D eigenvalue weighted by molar-refractivity contribution is 4.91. The first kappa shape index (κ1) is 12.3. The van der Waals surface area contributed by atoms with Crippen molar-refractivity contribution in [1.29, 1.82) is 0 Å². The van der Waals surface area contributed by atoms with Gasteiger partial charge in [0.15, 0.2) is 0 Å². The maximum absolute atomic E-state index is 9.77. The molecule has 2 aliphatic rings. The highest BCUT2D eigenvalue weighted by Gasteiger charge is 2.40. The van der Waals surface area contributed by atoms with Crippen molar-refractivity contribution in [1.82, 2.24) is 0 Å². The molecule has 2 rings (SSSR count). The molecule has 3 heteroatoms. The Hall–Kier alpha value is -0.120. The molecule has 16 heavy (non-hydrogen) atoms. The van der Waals surface area contributed by atoms with Crippen molar-refractivity contribution in [3.05, 3.63) is 0 Å². The zero-order valence-corrected chi connectivity index (χ0v) is 10.3. The summed E-state index contributed by atoms with van der Waals surface area (Å²) < 4.78 is 11.0. The Labute approximate surface area is 98.1 Å². The molecule has 1 spiro atoms. The molecule has 0 amide bonds. The van der Waals surface area contributed by atoms with E-state index in [1.807, 2.05) is 0 Å². The van der Waals surface area contributed by atoms with Crippen molar-refractivity contribution < 1.29 is 14.6 Å². The lowest BCUT2D eigenvalue weighted by molar-refractivity contribution is -0.0999. The number of aliphatic hydroxyl groups excluding tert-OH is 1. The SMILES string of the molecule is COCC(O)CC1CCOC2(CCCC2)C1. The van der Waals surface area contributed by atoms with Crippen LogP contribution in [0.1, 0.15) is 44.9 Å². The zero-order valence-electron chi connectivity index (χ0n) is 10.3. The average Bonchev–Trinajstić information content (AvgIpc) is 2.66. The van der Waals surface area contributed by atoms with Crippen molar-refractivity contribution in [2.45, 2.75) is 56.7 Å². The molecule has 3 nitrogen and oxygen atoms in total. The van der Waals surface area contributed by atoms with Crippen LogP contribution < -0.4 is 0 Å². The molecular weight excluding hydrogens is 204 g/mol. The van der Waals surface area contributed by atoms with Crippen molar-refractivity contribution in [3.63, 3.8) is 0 Å². The predicted octanol–water partition coefficient (Wildman–Crippen LogP) is 2.12. The van der Waals surface area contributed by atoms with E-state index in [1.165, 1.54) is 25.7 Å². The van der Waals surface area contributed by atoms with E-state index in [-0.39, 0.29) is 11.7 Å². The van der Waals surface area contributed by atoms with Gasteiger partial charge in [0, 0.05) is 13.7 Å². The minimum absolute atomic E-state index is 0.176. The second kappa shape index (κ2) is 5.48. The second-order valence-corrected chi connectivity index (χ2v) is 5.44. The molecule has 0 bridgehead atoms. The highest BCUT2D eigenvalue weighted by atomic mass is 16.5. The van der Waals surface area contributed by atoms with E-state index < -0.39 is 0 Å². The quantitative estimate of drug-likeness (QED) is 0.801. The minimum Gasteiger partial charge on any atom is -0.391 e. The van der Waals surface area contributed by atoms with Crippen LogP contribution in [-0.2, 0) is 9.47 Å². The van der Waals surface area contributed by atoms with Gasteiger partial charge in [-0.25, -0.2) is 0 Å². The number of hydrogen-bond donors (Lipinski definition) is 1. The summed E-state index contributed by atoms with van der Waals surface area (Å²) in [6.45, 7) is 1.34. The van der Waals surface area contributed by atoms with E-state index in [2.05, 4.69) is 0 Å². The normalized spacial score (nSPS) is 30.8. The number of hydrogen-bond acceptors (Lipinski definition) is 3. The molecule has 1 heterocycles. The fourth-order valence-corrected chi connectivity index (χ4v) is 3.34. The van der Waals surface area contributed by atoms with Crippen LogP contribution >= 0.6 is 0 Å². The van der Waals surface area contributed by atoms with Crippen molar-refractivity contribution in [3.8, 4) is 0 Å². The van der Waals surface area contributed by atoms with Crippen LogP contribution in [0.15, 0.2) is 0 Å². The van der Waals surface area contributed by atoms with Crippen LogP contribution in [0.4, 0.5) is 0 Å². The predicted molar refractivity (Wildman–Crippen MR) is 62.4 cm³/mol. The first-order valence-electron chi connectivity index (χ1n) is 6.55. The fraction of sp³-hybridized carbons (Fsp3) is 1.00. The van der Waals surface area contributed by atoms with E-state index in [0.29, 0.717) is 12.5 Å². The van der Waals surface area contributed by atoms with Crippen LogP contribution in [0, 0.1) is 5.92 Å². The summed E-state index contributed by atoms with van der Waals surface area (Å²) in [6.07, 6.45) is 7.90. The molecule has 0 radical (unpaired) electrons. The summed E-state index contributed by atoms with van der Waals surface area (Å²) in [5, 5.41) is 9.77. The van der Waals surface area contributed by atoms with Gasteiger partial charge in [-0.2, -0.15) is 0 Å². The van der Waals surface area contributed by atoms with Crippen molar-refractivity contribution >= 4 is 0 Å². The molecule has 2 fully saturated rings. The van der Waals surface area contributed by atoms with Gasteiger partial charge in [0.25, 0.3) is 0 Å². The molecule has 2 atom stereocenters. The largest absolute Gasteiger partial charge is 0.391 e. The van der Waals surface area contributed by atoms with Gasteiger partial charge in [-0.15, -0.1) is 0 Å². The van der Waals surface area contributed by atoms with Gasteiger partial charge in [-0.3, -0.25) is 0 Å². The average molecular weight is 228 g/mol. The lowest BCUT2D eigenvalue weighted by Gasteiger charge is -2.39. The van der Waals surface area contributed by atoms with Crippen molar-refractivity contribution in [2.24, 2.45) is 5.92 Å². The Morgan fingerprint density at radius 3 is 2.88 bits per heavy atom. The monoisotopic (exact) mass is 228 g/mol. The molecule has 2 unspecified atom stereocenters. The molecule has 1 saturated heterocycles. The van der Waals surface area contributed by atoms with Crippen LogP contribution in [0.3, 0.4) is 0 Å². The van der Waals surface area contributed by atoms with Crippen LogP contribution in [0.5, 0.6) is 0 Å². The van der Waals surface area contributed by atoms with E-state index in [1.54, 1.807) is 7.11 Å². The number of methoxy groups -OCH3 is 1. The van der Waals surface area contributed by atoms with Crippen LogP contribution in [0.25, 0.3) is 0 Å². The molecule has 1 aliphatic carbocycles. The van der Waals surface area contributed by atoms with E-state index >= 15 is 0 Å². The Balaban J connectivity index is 1.82. The topological polar surface area (TPSA) is 38.7 Å². The van der Waals surface area contributed by atoms with Crippen molar-refractivity contribution in [2.75, 3.05) is 20.3 Å². The Morgan fingerprint density at radius 1 is 1.44 bits per heavy atom. The highest BCUT2D eigenvalue weighted by Crippen LogP contribution is 2.43. The minimum atomic E-state index is -0.299. The van der Waals surface area contributed by atoms with Crippen LogP contribution in [0.2, 0.25) is 0 Å². The fourth-order valence-electron chi connectivity index (χ4n) is 3.34. The third kappa shape index (κ3) is 2.96. The summed E-state index contributed by atoms with van der Waals surface area (Å²) in [4.78, 5) is 0. The molecule has 94 valence electrons. The first-order chi connectivity index (χ1) is 7.74. The number of ether oxygens (including phenoxy) is 2. The molecule has 0 aromatic heterocycles. The standard InChI is InChI=1S/C13H24O3/c1-15-10-12(14)8-11-4-7-16-13(9-11)5-2-3-6-13/h11-12,14H,2-10H2,1H3. The molecule has 1 aliphatic heterocycles. The Bertz CT molecular complexity index is 211. The van der Waals surface area contributed by atoms with Gasteiger partial charge in [-0.05, 0) is 38.0 Å². The summed E-state index contributed by atoms with van der Waals surface area (Å²) in [7, 11) is 1.64. The molecular formula is C13H24O3. The second-order valence-electron chi connectivity index (χ2n) is 5.44. The van der Waals surface area contributed by atoms with Crippen LogP contribution in [-0.4, -0.2) is 37.1 Å². The molecule has 1 N–H and O–H groups in total. The Morgan fingerprint density at radius 2 is 2.19 bits per heavy atom. The molecule has 0 aromatic carbocycles. The van der Waals surface area contributed by atoms with Gasteiger partial charge in [0.2, 0.25) is 0 Å². The van der Waals surface area contributed by atoms with Gasteiger partial charge >= 0.3 is 0 Å². The Kier molecular flexibility index (Phi) is 4.22. The molecule has 0 aromatic rings. The summed E-state index contributed by atoms with van der Waals surface area (Å²) >= 11 is 0. The van der Waals surface area contributed by atoms with E-state index in [4.69, 9.17) is 9.47 Å². The third-order valence-electron chi connectivity index (χ3n) is 4.07. The first-order valence-corrected chi connectivity index (χ1v) is 6.55. The summed E-state index contributed by atoms with van der Waals surface area (Å²) in [6, 6.07) is 0. The van der Waals surface area contributed by atoms with Gasteiger partial charge in [0.05, 0.1) is 18.3 Å².